The minimum absolute atomic E-state index is 0.0647. The van der Waals surface area contributed by atoms with E-state index in [1.54, 1.807) is 36.4 Å². The van der Waals surface area contributed by atoms with Crippen LogP contribution < -0.4 is 10.6 Å². The molecule has 0 saturated carbocycles. The third kappa shape index (κ3) is 8.00. The first-order valence-electron chi connectivity index (χ1n) is 12.9. The second kappa shape index (κ2) is 13.7. The van der Waals surface area contributed by atoms with Gasteiger partial charge >= 0.3 is 0 Å². The van der Waals surface area contributed by atoms with Gasteiger partial charge < -0.3 is 10.6 Å². The second-order valence-electron chi connectivity index (χ2n) is 9.31. The van der Waals surface area contributed by atoms with Crippen molar-refractivity contribution in [2.24, 2.45) is 0 Å². The monoisotopic (exact) mass is 504 g/mol. The van der Waals surface area contributed by atoms with Gasteiger partial charge in [0.05, 0.1) is 6.04 Å². The lowest BCUT2D eigenvalue weighted by Gasteiger charge is -2.22. The Morgan fingerprint density at radius 3 is 1.45 bits per heavy atom. The van der Waals surface area contributed by atoms with Gasteiger partial charge in [-0.1, -0.05) is 97.1 Å². The number of amides is 2. The van der Waals surface area contributed by atoms with Crippen LogP contribution in [0.5, 0.6) is 0 Å². The van der Waals surface area contributed by atoms with Crippen LogP contribution >= 0.6 is 0 Å². The zero-order valence-corrected chi connectivity index (χ0v) is 21.3. The Labute approximate surface area is 223 Å². The van der Waals surface area contributed by atoms with Crippen molar-refractivity contribution in [2.45, 2.75) is 37.8 Å². The van der Waals surface area contributed by atoms with Gasteiger partial charge in [-0.25, -0.2) is 0 Å². The number of carbonyl (C=O) groups excluding carboxylic acids is 3. The van der Waals surface area contributed by atoms with E-state index in [4.69, 9.17) is 0 Å². The third-order valence-electron chi connectivity index (χ3n) is 6.45. The van der Waals surface area contributed by atoms with Crippen molar-refractivity contribution in [3.05, 3.63) is 144 Å². The standard InChI is InChI=1S/C33H32N2O3/c36-31(30(24-26-15-7-2-8-16-26)35-33(38)28-19-11-4-12-20-28)22-21-29(23-25-13-5-1-6-14-25)34-32(37)27-17-9-3-10-18-27/h1-20,29-30H,21-24H2,(H,34,37)(H,35,38)/t29-,30-/m1/s1. The summed E-state index contributed by atoms with van der Waals surface area (Å²) in [4.78, 5) is 39.3. The molecule has 4 aromatic rings. The van der Waals surface area contributed by atoms with E-state index in [9.17, 15) is 14.4 Å². The Bertz CT molecular complexity index is 1310. The highest BCUT2D eigenvalue weighted by Gasteiger charge is 2.24. The molecule has 0 aromatic heterocycles. The molecular weight excluding hydrogens is 472 g/mol. The minimum Gasteiger partial charge on any atom is -0.349 e. The van der Waals surface area contributed by atoms with Gasteiger partial charge in [-0.05, 0) is 54.7 Å². The smallest absolute Gasteiger partial charge is 0.251 e. The maximum absolute atomic E-state index is 13.5. The minimum atomic E-state index is -0.674. The largest absolute Gasteiger partial charge is 0.349 e. The molecule has 2 atom stereocenters. The van der Waals surface area contributed by atoms with Crippen molar-refractivity contribution in [1.82, 2.24) is 10.6 Å². The summed E-state index contributed by atoms with van der Waals surface area (Å²) in [5, 5.41) is 6.06. The maximum Gasteiger partial charge on any atom is 0.251 e. The lowest BCUT2D eigenvalue weighted by atomic mass is 9.95. The lowest BCUT2D eigenvalue weighted by Crippen LogP contribution is -2.43. The van der Waals surface area contributed by atoms with Crippen LogP contribution in [-0.2, 0) is 17.6 Å². The number of benzene rings is 4. The molecule has 0 radical (unpaired) electrons. The van der Waals surface area contributed by atoms with Crippen molar-refractivity contribution in [1.29, 1.82) is 0 Å². The molecule has 0 fully saturated rings. The Balaban J connectivity index is 1.47. The zero-order valence-electron chi connectivity index (χ0n) is 21.3. The van der Waals surface area contributed by atoms with E-state index in [-0.39, 0.29) is 30.1 Å². The number of ketones is 1. The fourth-order valence-electron chi connectivity index (χ4n) is 4.40. The predicted molar refractivity (Wildman–Crippen MR) is 150 cm³/mol. The van der Waals surface area contributed by atoms with E-state index in [1.165, 1.54) is 0 Å². The number of hydrogen-bond donors (Lipinski definition) is 2. The average molecular weight is 505 g/mol. The van der Waals surface area contributed by atoms with Gasteiger partial charge in [-0.2, -0.15) is 0 Å². The molecule has 0 aliphatic heterocycles. The average Bonchev–Trinajstić information content (AvgIpc) is 2.97. The first kappa shape index (κ1) is 26.6. The van der Waals surface area contributed by atoms with E-state index in [0.29, 0.717) is 30.4 Å². The Hall–Kier alpha value is -4.51. The Morgan fingerprint density at radius 2 is 0.947 bits per heavy atom. The molecule has 0 spiro atoms. The van der Waals surface area contributed by atoms with Crippen LogP contribution in [0.1, 0.15) is 44.7 Å². The van der Waals surface area contributed by atoms with Crippen molar-refractivity contribution in [3.63, 3.8) is 0 Å². The van der Waals surface area contributed by atoms with Crippen LogP contribution in [0.25, 0.3) is 0 Å². The van der Waals surface area contributed by atoms with Gasteiger partial charge in [0.1, 0.15) is 0 Å². The van der Waals surface area contributed by atoms with Crippen LogP contribution in [-0.4, -0.2) is 29.7 Å². The fraction of sp³-hybridized carbons (Fsp3) is 0.182. The van der Waals surface area contributed by atoms with Crippen molar-refractivity contribution in [2.75, 3.05) is 0 Å². The normalized spacial score (nSPS) is 12.2. The molecule has 5 heteroatoms. The van der Waals surface area contributed by atoms with Crippen LogP contribution in [0, 0.1) is 0 Å². The van der Waals surface area contributed by atoms with Crippen LogP contribution in [0.3, 0.4) is 0 Å². The molecule has 2 amide bonds. The van der Waals surface area contributed by atoms with E-state index in [2.05, 4.69) is 10.6 Å². The van der Waals surface area contributed by atoms with E-state index in [1.807, 2.05) is 84.9 Å². The van der Waals surface area contributed by atoms with Crippen molar-refractivity contribution in [3.8, 4) is 0 Å². The van der Waals surface area contributed by atoms with Crippen molar-refractivity contribution < 1.29 is 14.4 Å². The molecule has 0 aliphatic rings. The van der Waals surface area contributed by atoms with E-state index >= 15 is 0 Å². The SMILES string of the molecule is O=C(N[C@H](CCC(=O)[C@@H](Cc1ccccc1)NC(=O)c1ccccc1)Cc1ccccc1)c1ccccc1. The molecule has 0 unspecified atom stereocenters. The predicted octanol–water partition coefficient (Wildman–Crippen LogP) is 5.42. The summed E-state index contributed by atoms with van der Waals surface area (Å²) in [7, 11) is 0. The van der Waals surface area contributed by atoms with Gasteiger partial charge in [0.2, 0.25) is 0 Å². The van der Waals surface area contributed by atoms with Gasteiger partial charge in [-0.15, -0.1) is 0 Å². The molecule has 38 heavy (non-hydrogen) atoms. The highest BCUT2D eigenvalue weighted by Crippen LogP contribution is 2.13. The van der Waals surface area contributed by atoms with Gasteiger partial charge in [0, 0.05) is 23.6 Å². The van der Waals surface area contributed by atoms with Crippen LogP contribution in [0.4, 0.5) is 0 Å². The zero-order chi connectivity index (χ0) is 26.6. The van der Waals surface area contributed by atoms with Crippen LogP contribution in [0.2, 0.25) is 0 Å². The molecular formula is C33H32N2O3. The summed E-state index contributed by atoms with van der Waals surface area (Å²) in [5.74, 6) is -0.513. The highest BCUT2D eigenvalue weighted by atomic mass is 16.2. The van der Waals surface area contributed by atoms with Gasteiger partial charge in [0.25, 0.3) is 11.8 Å². The summed E-state index contributed by atoms with van der Waals surface area (Å²) < 4.78 is 0. The first-order chi connectivity index (χ1) is 18.6. The number of rotatable bonds is 12. The van der Waals surface area contributed by atoms with Crippen molar-refractivity contribution >= 4 is 17.6 Å². The Morgan fingerprint density at radius 1 is 0.526 bits per heavy atom. The highest BCUT2D eigenvalue weighted by molar-refractivity contribution is 5.98. The third-order valence-corrected chi connectivity index (χ3v) is 6.45. The summed E-state index contributed by atoms with van der Waals surface area (Å²) in [6.07, 6.45) is 1.68. The number of nitrogens with one attached hydrogen (secondary N) is 2. The molecule has 0 aliphatic carbocycles. The van der Waals surface area contributed by atoms with E-state index in [0.717, 1.165) is 11.1 Å². The maximum atomic E-state index is 13.5. The summed E-state index contributed by atoms with van der Waals surface area (Å²) in [6, 6.07) is 36.6. The van der Waals surface area contributed by atoms with Crippen LogP contribution in [0.15, 0.2) is 121 Å². The summed E-state index contributed by atoms with van der Waals surface area (Å²) in [6.45, 7) is 0. The summed E-state index contributed by atoms with van der Waals surface area (Å²) >= 11 is 0. The lowest BCUT2D eigenvalue weighted by molar-refractivity contribution is -0.121. The Kier molecular flexibility index (Phi) is 9.57. The number of hydrogen-bond acceptors (Lipinski definition) is 3. The van der Waals surface area contributed by atoms with Gasteiger partial charge in [-0.3, -0.25) is 14.4 Å². The molecule has 0 heterocycles. The number of carbonyl (C=O) groups is 3. The first-order valence-corrected chi connectivity index (χ1v) is 12.9. The van der Waals surface area contributed by atoms with Gasteiger partial charge in [0.15, 0.2) is 5.78 Å². The topological polar surface area (TPSA) is 75.3 Å². The van der Waals surface area contributed by atoms with E-state index < -0.39 is 6.04 Å². The molecule has 5 nitrogen and oxygen atoms in total. The quantitative estimate of drug-likeness (QED) is 0.271. The molecule has 4 rings (SSSR count). The summed E-state index contributed by atoms with van der Waals surface area (Å²) in [5.41, 5.74) is 3.14. The molecule has 0 saturated heterocycles. The molecule has 2 N–H and O–H groups in total. The molecule has 192 valence electrons. The second-order valence-corrected chi connectivity index (χ2v) is 9.31. The molecule has 4 aromatic carbocycles. The fourth-order valence-corrected chi connectivity index (χ4v) is 4.40. The molecule has 0 bridgehead atoms. The number of Topliss-reactive ketones (excluding diaryl/α,β-unsaturated/α-hetero) is 1.